The van der Waals surface area contributed by atoms with Gasteiger partial charge in [-0.05, 0) is 35.2 Å². The first-order valence-electron chi connectivity index (χ1n) is 8.46. The van der Waals surface area contributed by atoms with Gasteiger partial charge in [-0.1, -0.05) is 63.3 Å². The van der Waals surface area contributed by atoms with E-state index in [1.807, 2.05) is 6.07 Å². The van der Waals surface area contributed by atoms with Gasteiger partial charge in [0.25, 0.3) is 10.1 Å². The predicted octanol–water partition coefficient (Wildman–Crippen LogP) is 4.80. The van der Waals surface area contributed by atoms with Crippen LogP contribution in [0.3, 0.4) is 0 Å². The molecule has 5 heteroatoms. The molecule has 2 aromatic carbocycles. The standard InChI is InChI=1S/C19H24O4S/c1-2-3-4-5-6-7-12-17-18(14-20)16-11-9-8-10-15(16)13-19(17)24(21,22)23/h8-11,13-14H,2-7,12H2,1H3,(H,21,22,23). The molecule has 1 N–H and O–H groups in total. The number of hydrogen-bond acceptors (Lipinski definition) is 3. The Balaban J connectivity index is 2.36. The summed E-state index contributed by atoms with van der Waals surface area (Å²) >= 11 is 0. The van der Waals surface area contributed by atoms with Crippen molar-refractivity contribution >= 4 is 27.2 Å². The highest BCUT2D eigenvalue weighted by Crippen LogP contribution is 2.29. The Bertz CT molecular complexity index is 809. The third-order valence-corrected chi connectivity index (χ3v) is 5.26. The second-order valence-electron chi connectivity index (χ2n) is 6.10. The van der Waals surface area contributed by atoms with E-state index in [0.717, 1.165) is 24.6 Å². The zero-order valence-electron chi connectivity index (χ0n) is 14.0. The quantitative estimate of drug-likeness (QED) is 0.401. The molecule has 0 fully saturated rings. The average molecular weight is 348 g/mol. The highest BCUT2D eigenvalue weighted by molar-refractivity contribution is 7.85. The summed E-state index contributed by atoms with van der Waals surface area (Å²) in [5.74, 6) is 0. The Morgan fingerprint density at radius 2 is 1.71 bits per heavy atom. The van der Waals surface area contributed by atoms with Gasteiger partial charge in [0, 0.05) is 5.56 Å². The SMILES string of the molecule is CCCCCCCCc1c(S(=O)(=O)O)cc2ccccc2c1C=O. The molecule has 0 aromatic heterocycles. The molecule has 0 saturated heterocycles. The van der Waals surface area contributed by atoms with Crippen molar-refractivity contribution in [2.75, 3.05) is 0 Å². The van der Waals surface area contributed by atoms with Crippen LogP contribution >= 0.6 is 0 Å². The largest absolute Gasteiger partial charge is 0.298 e. The molecule has 130 valence electrons. The van der Waals surface area contributed by atoms with E-state index >= 15 is 0 Å². The molecule has 0 aliphatic carbocycles. The number of rotatable bonds is 9. The van der Waals surface area contributed by atoms with E-state index in [2.05, 4.69) is 6.92 Å². The summed E-state index contributed by atoms with van der Waals surface area (Å²) < 4.78 is 33.1. The Hall–Kier alpha value is -1.72. The number of carbonyl (C=O) groups excluding carboxylic acids is 1. The summed E-state index contributed by atoms with van der Waals surface area (Å²) in [6.07, 6.45) is 7.59. The third-order valence-electron chi connectivity index (χ3n) is 4.34. The van der Waals surface area contributed by atoms with Gasteiger partial charge in [0.2, 0.25) is 0 Å². The molecule has 0 heterocycles. The number of carbonyl (C=O) groups is 1. The molecule has 0 saturated carbocycles. The number of fused-ring (bicyclic) bond motifs is 1. The van der Waals surface area contributed by atoms with Crippen molar-refractivity contribution in [3.8, 4) is 0 Å². The molecule has 0 amide bonds. The van der Waals surface area contributed by atoms with Crippen molar-refractivity contribution in [2.24, 2.45) is 0 Å². The second kappa shape index (κ2) is 8.40. The number of aldehydes is 1. The van der Waals surface area contributed by atoms with Crippen LogP contribution in [0.2, 0.25) is 0 Å². The van der Waals surface area contributed by atoms with Crippen LogP contribution < -0.4 is 0 Å². The molecular formula is C19H24O4S. The van der Waals surface area contributed by atoms with Gasteiger partial charge in [-0.15, -0.1) is 0 Å². The van der Waals surface area contributed by atoms with Crippen molar-refractivity contribution in [3.05, 3.63) is 41.5 Å². The highest BCUT2D eigenvalue weighted by atomic mass is 32.2. The fraction of sp³-hybridized carbons (Fsp3) is 0.421. The first-order chi connectivity index (χ1) is 11.5. The minimum Gasteiger partial charge on any atom is -0.298 e. The van der Waals surface area contributed by atoms with Crippen molar-refractivity contribution < 1.29 is 17.8 Å². The number of benzene rings is 2. The van der Waals surface area contributed by atoms with Gasteiger partial charge in [0.15, 0.2) is 6.29 Å². The molecule has 2 aromatic rings. The van der Waals surface area contributed by atoms with Crippen molar-refractivity contribution in [1.82, 2.24) is 0 Å². The van der Waals surface area contributed by atoms with Crippen LogP contribution in [0.4, 0.5) is 0 Å². The number of unbranched alkanes of at least 4 members (excludes halogenated alkanes) is 5. The van der Waals surface area contributed by atoms with Gasteiger partial charge in [0.1, 0.15) is 0 Å². The summed E-state index contributed by atoms with van der Waals surface area (Å²) in [6.45, 7) is 2.16. The lowest BCUT2D eigenvalue weighted by atomic mass is 9.95. The van der Waals surface area contributed by atoms with E-state index in [0.29, 0.717) is 29.2 Å². The number of hydrogen-bond donors (Lipinski definition) is 1. The lowest BCUT2D eigenvalue weighted by molar-refractivity contribution is 0.112. The summed E-state index contributed by atoms with van der Waals surface area (Å²) in [6, 6.07) is 8.60. The normalized spacial score (nSPS) is 11.8. The first-order valence-corrected chi connectivity index (χ1v) is 9.90. The summed E-state index contributed by atoms with van der Waals surface area (Å²) in [4.78, 5) is 11.5. The maximum absolute atomic E-state index is 11.8. The molecular weight excluding hydrogens is 324 g/mol. The topological polar surface area (TPSA) is 71.4 Å². The average Bonchev–Trinajstić information content (AvgIpc) is 2.56. The lowest BCUT2D eigenvalue weighted by Gasteiger charge is -2.13. The molecule has 0 aliphatic rings. The van der Waals surface area contributed by atoms with Crippen LogP contribution in [-0.4, -0.2) is 19.3 Å². The fourth-order valence-electron chi connectivity index (χ4n) is 3.10. The Morgan fingerprint density at radius 3 is 2.38 bits per heavy atom. The lowest BCUT2D eigenvalue weighted by Crippen LogP contribution is -2.07. The van der Waals surface area contributed by atoms with Crippen LogP contribution in [0, 0.1) is 0 Å². The molecule has 0 aliphatic heterocycles. The molecule has 0 radical (unpaired) electrons. The molecule has 0 unspecified atom stereocenters. The Kier molecular flexibility index (Phi) is 6.52. The predicted molar refractivity (Wildman–Crippen MR) is 96.2 cm³/mol. The smallest absolute Gasteiger partial charge is 0.294 e. The summed E-state index contributed by atoms with van der Waals surface area (Å²) in [5, 5.41) is 1.36. The Morgan fingerprint density at radius 1 is 1.04 bits per heavy atom. The van der Waals surface area contributed by atoms with Crippen LogP contribution in [0.25, 0.3) is 10.8 Å². The van der Waals surface area contributed by atoms with Crippen LogP contribution in [0.1, 0.15) is 61.4 Å². The molecule has 0 spiro atoms. The van der Waals surface area contributed by atoms with E-state index in [1.54, 1.807) is 18.2 Å². The van der Waals surface area contributed by atoms with Gasteiger partial charge in [-0.2, -0.15) is 8.42 Å². The maximum atomic E-state index is 11.8. The summed E-state index contributed by atoms with van der Waals surface area (Å²) in [7, 11) is -4.37. The minimum absolute atomic E-state index is 0.142. The maximum Gasteiger partial charge on any atom is 0.294 e. The molecule has 2 rings (SSSR count). The van der Waals surface area contributed by atoms with Crippen LogP contribution in [0.15, 0.2) is 35.2 Å². The van der Waals surface area contributed by atoms with E-state index < -0.39 is 10.1 Å². The monoisotopic (exact) mass is 348 g/mol. The zero-order valence-corrected chi connectivity index (χ0v) is 14.8. The highest BCUT2D eigenvalue weighted by Gasteiger charge is 2.20. The van der Waals surface area contributed by atoms with Crippen molar-refractivity contribution in [2.45, 2.75) is 56.8 Å². The van der Waals surface area contributed by atoms with Crippen LogP contribution in [-0.2, 0) is 16.5 Å². The first kappa shape index (κ1) is 18.6. The fourth-order valence-corrected chi connectivity index (χ4v) is 3.90. The third kappa shape index (κ3) is 4.42. The van der Waals surface area contributed by atoms with Crippen molar-refractivity contribution in [3.63, 3.8) is 0 Å². The molecule has 0 atom stereocenters. The Labute approximate surface area is 143 Å². The minimum atomic E-state index is -4.37. The van der Waals surface area contributed by atoms with E-state index in [9.17, 15) is 17.8 Å². The molecule has 24 heavy (non-hydrogen) atoms. The van der Waals surface area contributed by atoms with Crippen LogP contribution in [0.5, 0.6) is 0 Å². The van der Waals surface area contributed by atoms with E-state index in [1.165, 1.54) is 25.3 Å². The zero-order chi connectivity index (χ0) is 17.6. The van der Waals surface area contributed by atoms with Crippen molar-refractivity contribution in [1.29, 1.82) is 0 Å². The van der Waals surface area contributed by atoms with E-state index in [-0.39, 0.29) is 4.90 Å². The second-order valence-corrected chi connectivity index (χ2v) is 7.49. The summed E-state index contributed by atoms with van der Waals surface area (Å²) in [5.41, 5.74) is 0.802. The molecule has 4 nitrogen and oxygen atoms in total. The van der Waals surface area contributed by atoms with E-state index in [4.69, 9.17) is 0 Å². The van der Waals surface area contributed by atoms with Gasteiger partial charge >= 0.3 is 0 Å². The van der Waals surface area contributed by atoms with Gasteiger partial charge < -0.3 is 0 Å². The van der Waals surface area contributed by atoms with Gasteiger partial charge in [-0.3, -0.25) is 9.35 Å². The van der Waals surface area contributed by atoms with Gasteiger partial charge in [0.05, 0.1) is 4.90 Å². The van der Waals surface area contributed by atoms with Gasteiger partial charge in [-0.25, -0.2) is 0 Å². The molecule has 0 bridgehead atoms.